The Morgan fingerprint density at radius 3 is 2.60 bits per heavy atom. The quantitative estimate of drug-likeness (QED) is 0.704. The lowest BCUT2D eigenvalue weighted by Gasteiger charge is -2.33. The van der Waals surface area contributed by atoms with Crippen molar-refractivity contribution in [2.45, 2.75) is 57.9 Å². The normalized spacial score (nSPS) is 19.3. The van der Waals surface area contributed by atoms with E-state index in [1.54, 1.807) is 0 Å². The number of amides is 1. The van der Waals surface area contributed by atoms with Crippen molar-refractivity contribution in [1.82, 2.24) is 14.5 Å². The van der Waals surface area contributed by atoms with Gasteiger partial charge in [0.25, 0.3) is 0 Å². The number of carbonyl (C=O) groups is 1. The highest BCUT2D eigenvalue weighted by atomic mass is 16.2. The van der Waals surface area contributed by atoms with E-state index in [1.165, 1.54) is 44.5 Å². The maximum atomic E-state index is 12.7. The van der Waals surface area contributed by atoms with Crippen LogP contribution in [0.2, 0.25) is 0 Å². The highest BCUT2D eigenvalue weighted by Gasteiger charge is 2.26. The summed E-state index contributed by atoms with van der Waals surface area (Å²) in [5.41, 5.74) is 9.24. The van der Waals surface area contributed by atoms with E-state index in [-0.39, 0.29) is 0 Å². The largest absolute Gasteiger partial charge is 0.404 e. The number of nitrogens with one attached hydrogen (secondary N) is 1. The molecule has 0 radical (unpaired) electrons. The van der Waals surface area contributed by atoms with Gasteiger partial charge >= 0.3 is 0 Å². The molecule has 1 amide bonds. The third-order valence-corrected chi connectivity index (χ3v) is 6.90. The van der Waals surface area contributed by atoms with Gasteiger partial charge in [-0.2, -0.15) is 0 Å². The number of likely N-dealkylation sites (tertiary alicyclic amines) is 1. The van der Waals surface area contributed by atoms with E-state index in [9.17, 15) is 4.79 Å². The van der Waals surface area contributed by atoms with Crippen LogP contribution < -0.4 is 5.73 Å². The molecule has 30 heavy (non-hydrogen) atoms. The molecule has 0 unspecified atom stereocenters. The standard InChI is InChI=1S/C24H33N5O/c25-14-21(15-26)20-6-7-23-22(13-20)27-17-29(23)16-19-8-10-28(11-9-19)24(30)12-18-4-2-1-3-5-18/h6-7,13-15,17-19,25H,1-5,8-12,16,26H2/b21-15+,25-14?. The van der Waals surface area contributed by atoms with Crippen molar-refractivity contribution in [2.24, 2.45) is 17.6 Å². The van der Waals surface area contributed by atoms with Crippen LogP contribution in [-0.2, 0) is 11.3 Å². The summed E-state index contributed by atoms with van der Waals surface area (Å²) in [5, 5.41) is 7.47. The van der Waals surface area contributed by atoms with Gasteiger partial charge in [0.05, 0.1) is 17.4 Å². The summed E-state index contributed by atoms with van der Waals surface area (Å²) < 4.78 is 2.22. The van der Waals surface area contributed by atoms with Crippen molar-refractivity contribution < 1.29 is 4.79 Å². The van der Waals surface area contributed by atoms with Gasteiger partial charge in [0.2, 0.25) is 5.91 Å². The Hall–Kier alpha value is -2.63. The zero-order valence-electron chi connectivity index (χ0n) is 17.7. The first kappa shape index (κ1) is 20.6. The van der Waals surface area contributed by atoms with Gasteiger partial charge in [-0.25, -0.2) is 4.98 Å². The Kier molecular flexibility index (Phi) is 6.50. The first-order valence-electron chi connectivity index (χ1n) is 11.3. The molecule has 4 rings (SSSR count). The fourth-order valence-corrected chi connectivity index (χ4v) is 5.03. The lowest BCUT2D eigenvalue weighted by Crippen LogP contribution is -2.40. The molecule has 0 spiro atoms. The Labute approximate surface area is 178 Å². The highest BCUT2D eigenvalue weighted by molar-refractivity contribution is 6.08. The molecule has 2 aliphatic rings. The molecule has 2 heterocycles. The van der Waals surface area contributed by atoms with Crippen LogP contribution in [0.5, 0.6) is 0 Å². The van der Waals surface area contributed by atoms with Gasteiger partial charge in [0.1, 0.15) is 0 Å². The first-order chi connectivity index (χ1) is 14.7. The van der Waals surface area contributed by atoms with Crippen molar-refractivity contribution in [1.29, 1.82) is 5.41 Å². The molecule has 2 fully saturated rings. The summed E-state index contributed by atoms with van der Waals surface area (Å²) in [4.78, 5) is 19.3. The van der Waals surface area contributed by atoms with Crippen molar-refractivity contribution in [3.05, 3.63) is 36.3 Å². The number of fused-ring (bicyclic) bond motifs is 1. The van der Waals surface area contributed by atoms with Crippen LogP contribution in [0.1, 0.15) is 56.9 Å². The zero-order valence-corrected chi connectivity index (χ0v) is 17.7. The minimum absolute atomic E-state index is 0.371. The minimum atomic E-state index is 0.371. The monoisotopic (exact) mass is 407 g/mol. The van der Waals surface area contributed by atoms with Crippen molar-refractivity contribution in [3.8, 4) is 0 Å². The van der Waals surface area contributed by atoms with Crippen molar-refractivity contribution in [2.75, 3.05) is 13.1 Å². The molecule has 1 aromatic carbocycles. The summed E-state index contributed by atoms with van der Waals surface area (Å²) in [6, 6.07) is 6.05. The molecule has 1 saturated heterocycles. The van der Waals surface area contributed by atoms with Crippen LogP contribution in [0.25, 0.3) is 16.6 Å². The number of nitrogens with two attached hydrogens (primary N) is 1. The zero-order chi connectivity index (χ0) is 20.9. The molecule has 160 valence electrons. The number of carbonyl (C=O) groups excluding carboxylic acids is 1. The molecule has 1 saturated carbocycles. The van der Waals surface area contributed by atoms with E-state index in [4.69, 9.17) is 11.1 Å². The number of allylic oxidation sites excluding steroid dienone is 1. The number of imidazole rings is 1. The van der Waals surface area contributed by atoms with Gasteiger partial charge in [-0.05, 0) is 55.2 Å². The van der Waals surface area contributed by atoms with Crippen LogP contribution in [0, 0.1) is 17.2 Å². The van der Waals surface area contributed by atoms with Crippen LogP contribution >= 0.6 is 0 Å². The molecule has 1 aliphatic carbocycles. The predicted octanol–water partition coefficient (Wildman–Crippen LogP) is 4.19. The van der Waals surface area contributed by atoms with Gasteiger partial charge in [-0.1, -0.05) is 25.3 Å². The average molecular weight is 408 g/mol. The number of benzene rings is 1. The van der Waals surface area contributed by atoms with Gasteiger partial charge in [-0.15, -0.1) is 0 Å². The average Bonchev–Trinajstić information content (AvgIpc) is 3.18. The number of nitrogens with zero attached hydrogens (tertiary/aromatic N) is 3. The maximum absolute atomic E-state index is 12.7. The molecular weight excluding hydrogens is 374 g/mol. The van der Waals surface area contributed by atoms with Crippen molar-refractivity contribution >= 4 is 28.7 Å². The summed E-state index contributed by atoms with van der Waals surface area (Å²) in [6.45, 7) is 2.71. The van der Waals surface area contributed by atoms with Crippen LogP contribution in [0.4, 0.5) is 0 Å². The van der Waals surface area contributed by atoms with Gasteiger partial charge in [-0.3, -0.25) is 4.79 Å². The number of piperidine rings is 1. The van der Waals surface area contributed by atoms with Crippen molar-refractivity contribution in [3.63, 3.8) is 0 Å². The Morgan fingerprint density at radius 1 is 1.13 bits per heavy atom. The number of hydrogen-bond acceptors (Lipinski definition) is 4. The Bertz CT molecular complexity index is 917. The number of aromatic nitrogens is 2. The second-order valence-electron chi connectivity index (χ2n) is 8.90. The van der Waals surface area contributed by atoms with Crippen LogP contribution in [0.3, 0.4) is 0 Å². The molecule has 0 bridgehead atoms. The van der Waals surface area contributed by atoms with Gasteiger partial charge < -0.3 is 20.6 Å². The summed E-state index contributed by atoms with van der Waals surface area (Å²) in [6.07, 6.45) is 13.9. The van der Waals surface area contributed by atoms with Crippen LogP contribution in [-0.4, -0.2) is 39.7 Å². The molecular formula is C24H33N5O. The Morgan fingerprint density at radius 2 is 1.90 bits per heavy atom. The summed E-state index contributed by atoms with van der Waals surface area (Å²) in [7, 11) is 0. The van der Waals surface area contributed by atoms with Crippen LogP contribution in [0.15, 0.2) is 30.7 Å². The molecule has 6 nitrogen and oxygen atoms in total. The lowest BCUT2D eigenvalue weighted by atomic mass is 9.86. The van der Waals surface area contributed by atoms with E-state index in [2.05, 4.69) is 20.5 Å². The molecule has 2 aromatic rings. The third-order valence-electron chi connectivity index (χ3n) is 6.90. The summed E-state index contributed by atoms with van der Waals surface area (Å²) in [5.74, 6) is 1.56. The number of rotatable bonds is 6. The molecule has 3 N–H and O–H groups in total. The van der Waals surface area contributed by atoms with E-state index >= 15 is 0 Å². The summed E-state index contributed by atoms with van der Waals surface area (Å²) >= 11 is 0. The third kappa shape index (κ3) is 4.58. The second-order valence-corrected chi connectivity index (χ2v) is 8.90. The second kappa shape index (κ2) is 9.45. The molecule has 6 heteroatoms. The fourth-order valence-electron chi connectivity index (χ4n) is 5.03. The van der Waals surface area contributed by atoms with E-state index < -0.39 is 0 Å². The van der Waals surface area contributed by atoms with E-state index in [0.717, 1.165) is 55.5 Å². The predicted molar refractivity (Wildman–Crippen MR) is 121 cm³/mol. The molecule has 1 aliphatic heterocycles. The first-order valence-corrected chi connectivity index (χ1v) is 11.3. The van der Waals surface area contributed by atoms with Gasteiger partial charge in [0, 0.05) is 44.0 Å². The smallest absolute Gasteiger partial charge is 0.222 e. The Balaban J connectivity index is 1.33. The minimum Gasteiger partial charge on any atom is -0.404 e. The van der Waals surface area contributed by atoms with E-state index in [1.807, 2.05) is 18.5 Å². The highest BCUT2D eigenvalue weighted by Crippen LogP contribution is 2.28. The molecule has 1 aromatic heterocycles. The maximum Gasteiger partial charge on any atom is 0.222 e. The fraction of sp³-hybridized carbons (Fsp3) is 0.542. The lowest BCUT2D eigenvalue weighted by molar-refractivity contribution is -0.133. The SMILES string of the molecule is N=C/C(=C\N)c1ccc2c(c1)ncn2CC1CCN(C(=O)CC2CCCCC2)CC1. The molecule has 0 atom stereocenters. The van der Waals surface area contributed by atoms with E-state index in [0.29, 0.717) is 23.3 Å². The topological polar surface area (TPSA) is 88.0 Å². The number of hydrogen-bond donors (Lipinski definition) is 2. The van der Waals surface area contributed by atoms with Gasteiger partial charge in [0.15, 0.2) is 0 Å².